The van der Waals surface area contributed by atoms with E-state index in [4.69, 9.17) is 0 Å². The molecule has 0 saturated carbocycles. The molecule has 1 aliphatic heterocycles. The first-order valence-corrected chi connectivity index (χ1v) is 9.26. The quantitative estimate of drug-likeness (QED) is 0.770. The van der Waals surface area contributed by atoms with E-state index in [2.05, 4.69) is 15.3 Å². The van der Waals surface area contributed by atoms with Gasteiger partial charge in [0.2, 0.25) is 11.8 Å². The lowest BCUT2D eigenvalue weighted by Gasteiger charge is -2.16. The highest BCUT2D eigenvalue weighted by molar-refractivity contribution is 7.18. The van der Waals surface area contributed by atoms with Gasteiger partial charge in [0.05, 0.1) is 21.1 Å². The van der Waals surface area contributed by atoms with Gasteiger partial charge in [-0.25, -0.2) is 4.98 Å². The number of thiazole rings is 1. The molecule has 0 radical (unpaired) electrons. The molecule has 1 fully saturated rings. The van der Waals surface area contributed by atoms with Crippen molar-refractivity contribution in [2.24, 2.45) is 5.92 Å². The van der Waals surface area contributed by atoms with Crippen LogP contribution in [0, 0.1) is 12.8 Å². The summed E-state index contributed by atoms with van der Waals surface area (Å²) in [5, 5.41) is 3.90. The van der Waals surface area contributed by atoms with E-state index >= 15 is 0 Å². The predicted octanol–water partition coefficient (Wildman–Crippen LogP) is 2.67. The summed E-state index contributed by atoms with van der Waals surface area (Å²) in [5.74, 6) is -0.472. The summed E-state index contributed by atoms with van der Waals surface area (Å²) in [4.78, 5) is 35.1. The standard InChI is InChI=1S/C19H18N4O2S/c1-12-22-16-8-15(4-5-17(16)26-12)23-11-14(7-18(23)24)19(25)21-10-13-3-2-6-20-9-13/h2-6,8-9,14H,7,10-11H2,1H3,(H,21,25). The Morgan fingerprint density at radius 1 is 1.38 bits per heavy atom. The number of hydrogen-bond donors (Lipinski definition) is 1. The van der Waals surface area contributed by atoms with Crippen molar-refractivity contribution in [2.45, 2.75) is 19.9 Å². The Kier molecular flexibility index (Phi) is 4.38. The second kappa shape index (κ2) is 6.84. The van der Waals surface area contributed by atoms with E-state index in [1.165, 1.54) is 0 Å². The number of fused-ring (bicyclic) bond motifs is 1. The van der Waals surface area contributed by atoms with Crippen molar-refractivity contribution in [3.63, 3.8) is 0 Å². The number of aryl methyl sites for hydroxylation is 1. The molecule has 1 aromatic carbocycles. The Hall–Kier alpha value is -2.80. The highest BCUT2D eigenvalue weighted by Gasteiger charge is 2.35. The first-order valence-electron chi connectivity index (χ1n) is 8.44. The topological polar surface area (TPSA) is 75.2 Å². The lowest BCUT2D eigenvalue weighted by molar-refractivity contribution is -0.126. The smallest absolute Gasteiger partial charge is 0.227 e. The van der Waals surface area contributed by atoms with Crippen molar-refractivity contribution in [2.75, 3.05) is 11.4 Å². The zero-order chi connectivity index (χ0) is 18.1. The number of nitrogens with one attached hydrogen (secondary N) is 1. The molecule has 7 heteroatoms. The molecule has 1 aliphatic rings. The van der Waals surface area contributed by atoms with Crippen LogP contribution in [0.25, 0.3) is 10.2 Å². The van der Waals surface area contributed by atoms with Gasteiger partial charge in [0, 0.05) is 37.6 Å². The van der Waals surface area contributed by atoms with Gasteiger partial charge in [0.15, 0.2) is 0 Å². The molecule has 3 aromatic rings. The molecule has 1 N–H and O–H groups in total. The minimum Gasteiger partial charge on any atom is -0.352 e. The molecule has 1 atom stereocenters. The number of carbonyl (C=O) groups is 2. The Labute approximate surface area is 154 Å². The van der Waals surface area contributed by atoms with Crippen LogP contribution in [-0.4, -0.2) is 28.3 Å². The fourth-order valence-electron chi connectivity index (χ4n) is 3.17. The highest BCUT2D eigenvalue weighted by atomic mass is 32.1. The first kappa shape index (κ1) is 16.7. The zero-order valence-electron chi connectivity index (χ0n) is 14.3. The molecule has 0 spiro atoms. The van der Waals surface area contributed by atoms with Crippen molar-refractivity contribution < 1.29 is 9.59 Å². The molecule has 1 saturated heterocycles. The van der Waals surface area contributed by atoms with Gasteiger partial charge in [0.1, 0.15) is 0 Å². The monoisotopic (exact) mass is 366 g/mol. The Morgan fingerprint density at radius 3 is 3.08 bits per heavy atom. The van der Waals surface area contributed by atoms with Gasteiger partial charge in [0.25, 0.3) is 0 Å². The Bertz CT molecular complexity index is 970. The summed E-state index contributed by atoms with van der Waals surface area (Å²) in [6.07, 6.45) is 3.64. The Balaban J connectivity index is 1.44. The van der Waals surface area contributed by atoms with E-state index in [0.717, 1.165) is 26.5 Å². The van der Waals surface area contributed by atoms with Crippen LogP contribution < -0.4 is 10.2 Å². The van der Waals surface area contributed by atoms with Crippen LogP contribution in [0.4, 0.5) is 5.69 Å². The van der Waals surface area contributed by atoms with Crippen LogP contribution in [0.15, 0.2) is 42.7 Å². The van der Waals surface area contributed by atoms with Gasteiger partial charge < -0.3 is 10.2 Å². The Morgan fingerprint density at radius 2 is 2.27 bits per heavy atom. The molecule has 0 bridgehead atoms. The summed E-state index contributed by atoms with van der Waals surface area (Å²) in [6, 6.07) is 9.57. The minimum absolute atomic E-state index is 0.0298. The van der Waals surface area contributed by atoms with Crippen molar-refractivity contribution in [1.82, 2.24) is 15.3 Å². The molecule has 0 aliphatic carbocycles. The third-order valence-corrected chi connectivity index (χ3v) is 5.43. The highest BCUT2D eigenvalue weighted by Crippen LogP contribution is 2.30. The molecule has 132 valence electrons. The maximum Gasteiger partial charge on any atom is 0.227 e. The molecule has 3 heterocycles. The van der Waals surface area contributed by atoms with Gasteiger partial charge in [-0.1, -0.05) is 6.07 Å². The maximum atomic E-state index is 12.4. The molecule has 6 nitrogen and oxygen atoms in total. The van der Waals surface area contributed by atoms with E-state index < -0.39 is 0 Å². The molecule has 4 rings (SSSR count). The van der Waals surface area contributed by atoms with Gasteiger partial charge in [-0.2, -0.15) is 0 Å². The van der Waals surface area contributed by atoms with Crippen LogP contribution in [0.5, 0.6) is 0 Å². The number of benzene rings is 1. The van der Waals surface area contributed by atoms with Crippen LogP contribution in [0.3, 0.4) is 0 Å². The summed E-state index contributed by atoms with van der Waals surface area (Å²) < 4.78 is 1.10. The molecule has 2 amide bonds. The fourth-order valence-corrected chi connectivity index (χ4v) is 3.98. The second-order valence-electron chi connectivity index (χ2n) is 6.37. The van der Waals surface area contributed by atoms with Crippen molar-refractivity contribution in [1.29, 1.82) is 0 Å². The summed E-state index contributed by atoms with van der Waals surface area (Å²) in [6.45, 7) is 2.78. The number of amides is 2. The predicted molar refractivity (Wildman–Crippen MR) is 101 cm³/mol. The van der Waals surface area contributed by atoms with E-state index in [9.17, 15) is 9.59 Å². The summed E-state index contributed by atoms with van der Waals surface area (Å²) in [5.41, 5.74) is 2.63. The lowest BCUT2D eigenvalue weighted by Crippen LogP contribution is -2.32. The minimum atomic E-state index is -0.341. The molecule has 1 unspecified atom stereocenters. The van der Waals surface area contributed by atoms with E-state index in [1.807, 2.05) is 37.3 Å². The van der Waals surface area contributed by atoms with Gasteiger partial charge in [-0.15, -0.1) is 11.3 Å². The molecular weight excluding hydrogens is 348 g/mol. The number of carbonyl (C=O) groups excluding carboxylic acids is 2. The van der Waals surface area contributed by atoms with E-state index in [-0.39, 0.29) is 24.2 Å². The normalized spacial score (nSPS) is 17.0. The molecule has 26 heavy (non-hydrogen) atoms. The average Bonchev–Trinajstić information content (AvgIpc) is 3.21. The third-order valence-electron chi connectivity index (χ3n) is 4.48. The van der Waals surface area contributed by atoms with Crippen molar-refractivity contribution in [3.05, 3.63) is 53.3 Å². The second-order valence-corrected chi connectivity index (χ2v) is 7.60. The summed E-state index contributed by atoms with van der Waals surface area (Å²) >= 11 is 1.63. The number of pyridine rings is 1. The molecule has 2 aromatic heterocycles. The number of rotatable bonds is 4. The van der Waals surface area contributed by atoms with Crippen LogP contribution in [0.1, 0.15) is 17.0 Å². The number of anilines is 1. The SMILES string of the molecule is Cc1nc2cc(N3CC(C(=O)NCc4cccnc4)CC3=O)ccc2s1. The van der Waals surface area contributed by atoms with Gasteiger partial charge >= 0.3 is 0 Å². The number of aromatic nitrogens is 2. The van der Waals surface area contributed by atoms with E-state index in [1.54, 1.807) is 28.6 Å². The number of nitrogens with zero attached hydrogens (tertiary/aromatic N) is 3. The van der Waals surface area contributed by atoms with Crippen molar-refractivity contribution >= 4 is 39.1 Å². The largest absolute Gasteiger partial charge is 0.352 e. The number of hydrogen-bond acceptors (Lipinski definition) is 5. The van der Waals surface area contributed by atoms with E-state index in [0.29, 0.717) is 13.1 Å². The third kappa shape index (κ3) is 3.30. The van der Waals surface area contributed by atoms with Crippen LogP contribution in [0.2, 0.25) is 0 Å². The van der Waals surface area contributed by atoms with Gasteiger partial charge in [-0.3, -0.25) is 14.6 Å². The van der Waals surface area contributed by atoms with Crippen molar-refractivity contribution in [3.8, 4) is 0 Å². The maximum absolute atomic E-state index is 12.4. The lowest BCUT2D eigenvalue weighted by atomic mass is 10.1. The summed E-state index contributed by atoms with van der Waals surface area (Å²) in [7, 11) is 0. The fraction of sp³-hybridized carbons (Fsp3) is 0.263. The van der Waals surface area contributed by atoms with Gasteiger partial charge in [-0.05, 0) is 36.8 Å². The van der Waals surface area contributed by atoms with Crippen LogP contribution in [-0.2, 0) is 16.1 Å². The first-order chi connectivity index (χ1) is 12.6. The zero-order valence-corrected chi connectivity index (χ0v) is 15.1. The average molecular weight is 366 g/mol. The molecular formula is C19H18N4O2S. The van der Waals surface area contributed by atoms with Crippen LogP contribution >= 0.6 is 11.3 Å².